The van der Waals surface area contributed by atoms with Gasteiger partial charge in [-0.05, 0) is 23.3 Å². The average molecular weight is 326 g/mol. The van der Waals surface area contributed by atoms with Crippen LogP contribution in [0.15, 0.2) is 48.7 Å². The smallest absolute Gasteiger partial charge is 0.128 e. The van der Waals surface area contributed by atoms with Crippen molar-refractivity contribution >= 4 is 23.0 Å². The van der Waals surface area contributed by atoms with E-state index in [9.17, 15) is 0 Å². The van der Waals surface area contributed by atoms with Gasteiger partial charge in [0, 0.05) is 45.3 Å². The Kier molecular flexibility index (Phi) is 5.20. The van der Waals surface area contributed by atoms with Gasteiger partial charge in [0.1, 0.15) is 5.82 Å². The molecule has 5 heteroatoms. The lowest BCUT2D eigenvalue weighted by molar-refractivity contribution is 0.249. The normalized spacial score (nSPS) is 15.6. The molecule has 0 saturated carbocycles. The molecule has 1 saturated heterocycles. The highest BCUT2D eigenvalue weighted by molar-refractivity contribution is 7.80. The number of benzene rings is 1. The minimum atomic E-state index is 0.553. The number of pyridine rings is 1. The maximum Gasteiger partial charge on any atom is 0.128 e. The lowest BCUT2D eigenvalue weighted by Gasteiger charge is -2.35. The van der Waals surface area contributed by atoms with Crippen molar-refractivity contribution in [3.05, 3.63) is 59.8 Å². The third-order valence-corrected chi connectivity index (χ3v) is 4.37. The first kappa shape index (κ1) is 15.9. The molecule has 3 rings (SSSR count). The van der Waals surface area contributed by atoms with E-state index in [1.165, 1.54) is 11.1 Å². The van der Waals surface area contributed by atoms with Crippen LogP contribution in [0.25, 0.3) is 0 Å². The van der Waals surface area contributed by atoms with Crippen LogP contribution in [0, 0.1) is 0 Å². The van der Waals surface area contributed by atoms with Gasteiger partial charge in [0.05, 0.1) is 4.99 Å². The van der Waals surface area contributed by atoms with Crippen LogP contribution in [-0.2, 0) is 13.0 Å². The summed E-state index contributed by atoms with van der Waals surface area (Å²) in [5.74, 6) is 1.07. The van der Waals surface area contributed by atoms with Crippen LogP contribution in [0.2, 0.25) is 0 Å². The Morgan fingerprint density at radius 3 is 2.35 bits per heavy atom. The molecule has 4 nitrogen and oxygen atoms in total. The number of rotatable bonds is 5. The maximum absolute atomic E-state index is 5.71. The number of hydrogen-bond donors (Lipinski definition) is 1. The van der Waals surface area contributed by atoms with Gasteiger partial charge in [-0.1, -0.05) is 42.5 Å². The number of hydrogen-bond acceptors (Lipinski definition) is 4. The van der Waals surface area contributed by atoms with Gasteiger partial charge in [0.15, 0.2) is 0 Å². The molecule has 1 aromatic heterocycles. The molecule has 120 valence electrons. The summed E-state index contributed by atoms with van der Waals surface area (Å²) in [4.78, 5) is 9.82. The molecule has 2 aromatic rings. The van der Waals surface area contributed by atoms with E-state index in [4.69, 9.17) is 18.0 Å². The lowest BCUT2D eigenvalue weighted by atomic mass is 10.0. The quantitative estimate of drug-likeness (QED) is 0.854. The van der Waals surface area contributed by atoms with E-state index in [0.29, 0.717) is 11.4 Å². The molecule has 0 amide bonds. The van der Waals surface area contributed by atoms with E-state index in [1.807, 2.05) is 18.3 Å². The summed E-state index contributed by atoms with van der Waals surface area (Å²) >= 11 is 5.06. The van der Waals surface area contributed by atoms with Crippen molar-refractivity contribution in [2.24, 2.45) is 5.73 Å². The van der Waals surface area contributed by atoms with Gasteiger partial charge in [-0.25, -0.2) is 4.98 Å². The Morgan fingerprint density at radius 1 is 1.00 bits per heavy atom. The second kappa shape index (κ2) is 7.53. The molecule has 0 unspecified atom stereocenters. The van der Waals surface area contributed by atoms with Gasteiger partial charge >= 0.3 is 0 Å². The number of anilines is 1. The van der Waals surface area contributed by atoms with Crippen molar-refractivity contribution in [2.45, 2.75) is 13.0 Å². The van der Waals surface area contributed by atoms with Crippen molar-refractivity contribution in [1.82, 2.24) is 9.88 Å². The van der Waals surface area contributed by atoms with Crippen molar-refractivity contribution in [1.29, 1.82) is 0 Å². The van der Waals surface area contributed by atoms with Gasteiger partial charge in [-0.15, -0.1) is 0 Å². The zero-order valence-corrected chi connectivity index (χ0v) is 14.0. The predicted octanol–water partition coefficient (Wildman–Crippen LogP) is 2.23. The van der Waals surface area contributed by atoms with Gasteiger partial charge < -0.3 is 10.6 Å². The average Bonchev–Trinajstić information content (AvgIpc) is 2.58. The van der Waals surface area contributed by atoms with Crippen LogP contribution in [0.4, 0.5) is 5.82 Å². The van der Waals surface area contributed by atoms with Crippen LogP contribution in [0.5, 0.6) is 0 Å². The predicted molar refractivity (Wildman–Crippen MR) is 98.7 cm³/mol. The molecule has 0 spiro atoms. The fourth-order valence-electron chi connectivity index (χ4n) is 2.99. The number of nitrogens with zero attached hydrogens (tertiary/aromatic N) is 3. The van der Waals surface area contributed by atoms with Crippen LogP contribution < -0.4 is 10.6 Å². The second-order valence-corrected chi connectivity index (χ2v) is 6.39. The number of piperazine rings is 1. The van der Waals surface area contributed by atoms with Crippen LogP contribution in [-0.4, -0.2) is 41.1 Å². The highest BCUT2D eigenvalue weighted by atomic mass is 32.1. The maximum atomic E-state index is 5.71. The Hall–Kier alpha value is -1.98. The fraction of sp³-hybridized carbons (Fsp3) is 0.333. The van der Waals surface area contributed by atoms with Crippen molar-refractivity contribution in [2.75, 3.05) is 31.1 Å². The molecule has 2 heterocycles. The fourth-order valence-corrected chi connectivity index (χ4v) is 3.14. The van der Waals surface area contributed by atoms with Crippen molar-refractivity contribution in [3.8, 4) is 0 Å². The highest BCUT2D eigenvalue weighted by Crippen LogP contribution is 2.17. The van der Waals surface area contributed by atoms with E-state index in [2.05, 4.69) is 45.1 Å². The Balaban J connectivity index is 1.60. The first-order valence-electron chi connectivity index (χ1n) is 7.96. The van der Waals surface area contributed by atoms with Crippen LogP contribution in [0.3, 0.4) is 0 Å². The number of thiocarbonyl (C=S) groups is 1. The van der Waals surface area contributed by atoms with E-state index in [0.717, 1.165) is 38.5 Å². The van der Waals surface area contributed by atoms with Crippen LogP contribution >= 0.6 is 12.2 Å². The van der Waals surface area contributed by atoms with Crippen molar-refractivity contribution in [3.63, 3.8) is 0 Å². The molecular weight excluding hydrogens is 304 g/mol. The summed E-state index contributed by atoms with van der Waals surface area (Å²) in [7, 11) is 0. The topological polar surface area (TPSA) is 45.4 Å². The third-order valence-electron chi connectivity index (χ3n) is 4.22. The molecule has 1 fully saturated rings. The molecule has 1 aromatic carbocycles. The van der Waals surface area contributed by atoms with E-state index in [-0.39, 0.29) is 0 Å². The summed E-state index contributed by atoms with van der Waals surface area (Å²) in [6.07, 6.45) is 2.53. The van der Waals surface area contributed by atoms with Gasteiger partial charge in [0.25, 0.3) is 0 Å². The first-order valence-corrected chi connectivity index (χ1v) is 8.36. The minimum Gasteiger partial charge on any atom is -0.393 e. The van der Waals surface area contributed by atoms with E-state index >= 15 is 0 Å². The molecule has 23 heavy (non-hydrogen) atoms. The Morgan fingerprint density at radius 2 is 1.70 bits per heavy atom. The molecule has 1 aliphatic heterocycles. The number of nitrogens with two attached hydrogens (primary N) is 1. The monoisotopic (exact) mass is 326 g/mol. The van der Waals surface area contributed by atoms with E-state index < -0.39 is 0 Å². The largest absolute Gasteiger partial charge is 0.393 e. The number of aromatic nitrogens is 1. The summed E-state index contributed by atoms with van der Waals surface area (Å²) in [5.41, 5.74) is 8.28. The highest BCUT2D eigenvalue weighted by Gasteiger charge is 2.18. The van der Waals surface area contributed by atoms with E-state index in [1.54, 1.807) is 0 Å². The van der Waals surface area contributed by atoms with Gasteiger partial charge in [-0.3, -0.25) is 4.90 Å². The Bertz CT molecular complexity index is 651. The summed E-state index contributed by atoms with van der Waals surface area (Å²) in [5, 5.41) is 0. The first-order chi connectivity index (χ1) is 11.2. The molecule has 1 aliphatic rings. The minimum absolute atomic E-state index is 0.553. The second-order valence-electron chi connectivity index (χ2n) is 5.86. The van der Waals surface area contributed by atoms with Gasteiger partial charge in [-0.2, -0.15) is 0 Å². The van der Waals surface area contributed by atoms with Crippen LogP contribution in [0.1, 0.15) is 11.1 Å². The molecule has 0 aliphatic carbocycles. The van der Waals surface area contributed by atoms with Gasteiger partial charge in [0.2, 0.25) is 0 Å². The van der Waals surface area contributed by atoms with Crippen molar-refractivity contribution < 1.29 is 0 Å². The summed E-state index contributed by atoms with van der Waals surface area (Å²) < 4.78 is 0. The molecular formula is C18H22N4S. The summed E-state index contributed by atoms with van der Waals surface area (Å²) in [6.45, 7) is 5.05. The SMILES string of the molecule is NC(=S)Cc1ccccc1CN1CCN(c2ccccn2)CC1. The zero-order chi connectivity index (χ0) is 16.1. The Labute approximate surface area is 142 Å². The summed E-state index contributed by atoms with van der Waals surface area (Å²) in [6, 6.07) is 14.5. The zero-order valence-electron chi connectivity index (χ0n) is 13.2. The lowest BCUT2D eigenvalue weighted by Crippen LogP contribution is -2.46. The third kappa shape index (κ3) is 4.27. The molecule has 2 N–H and O–H groups in total. The molecule has 0 bridgehead atoms. The molecule has 0 atom stereocenters. The standard InChI is InChI=1S/C18H22N4S/c19-17(23)13-15-5-1-2-6-16(15)14-21-9-11-22(12-10-21)18-7-3-4-8-20-18/h1-8H,9-14H2,(H2,19,23). The molecule has 0 radical (unpaired) electrons.